The number of primary amides is 1. The number of amides is 3. The number of hydrogen-bond donors (Lipinski definition) is 3. The molecule has 0 spiro atoms. The van der Waals surface area contributed by atoms with E-state index in [1.54, 1.807) is 78.9 Å². The summed E-state index contributed by atoms with van der Waals surface area (Å²) in [5.74, 6) is -0.729. The summed E-state index contributed by atoms with van der Waals surface area (Å²) in [6.07, 6.45) is 0. The van der Waals surface area contributed by atoms with Crippen molar-refractivity contribution in [3.63, 3.8) is 0 Å². The van der Waals surface area contributed by atoms with Crippen molar-refractivity contribution in [2.75, 3.05) is 10.6 Å². The Kier molecular flexibility index (Phi) is 7.41. The molecule has 0 heterocycles. The predicted octanol–water partition coefficient (Wildman–Crippen LogP) is 5.18. The van der Waals surface area contributed by atoms with Crippen LogP contribution in [0.1, 0.15) is 42.2 Å². The second-order valence-electron chi connectivity index (χ2n) is 8.15. The fourth-order valence-corrected chi connectivity index (χ4v) is 3.58. The molecule has 4 aromatic rings. The molecular weight excluding hydrogens is 454 g/mol. The molecule has 0 aliphatic carbocycles. The van der Waals surface area contributed by atoms with Gasteiger partial charge in [0.15, 0.2) is 0 Å². The van der Waals surface area contributed by atoms with Crippen molar-refractivity contribution in [1.29, 1.82) is 0 Å². The number of carbonyl (C=O) groups excluding carboxylic acids is 3. The zero-order chi connectivity index (χ0) is 25.5. The lowest BCUT2D eigenvalue weighted by atomic mass is 10.1. The highest BCUT2D eigenvalue weighted by Gasteiger charge is 2.12. The van der Waals surface area contributed by atoms with E-state index in [1.165, 1.54) is 0 Å². The molecule has 0 unspecified atom stereocenters. The maximum atomic E-state index is 13.0. The number of para-hydroxylation sites is 1. The monoisotopic (exact) mass is 479 g/mol. The van der Waals surface area contributed by atoms with Crippen LogP contribution in [-0.2, 0) is 6.61 Å². The number of aryl methyl sites for hydroxylation is 1. The fourth-order valence-electron chi connectivity index (χ4n) is 3.58. The van der Waals surface area contributed by atoms with Crippen LogP contribution in [0.2, 0.25) is 0 Å². The lowest BCUT2D eigenvalue weighted by Crippen LogP contribution is -2.15. The van der Waals surface area contributed by atoms with E-state index in [-0.39, 0.29) is 18.4 Å². The predicted molar refractivity (Wildman–Crippen MR) is 139 cm³/mol. The Morgan fingerprint density at radius 1 is 0.750 bits per heavy atom. The van der Waals surface area contributed by atoms with Crippen LogP contribution in [0.15, 0.2) is 97.1 Å². The molecule has 36 heavy (non-hydrogen) atoms. The average molecular weight is 480 g/mol. The highest BCUT2D eigenvalue weighted by Crippen LogP contribution is 2.23. The van der Waals surface area contributed by atoms with Crippen LogP contribution in [0.25, 0.3) is 0 Å². The van der Waals surface area contributed by atoms with Gasteiger partial charge in [-0.3, -0.25) is 14.4 Å². The number of ether oxygens (including phenoxy) is 1. The standard InChI is InChI=1S/C29H25N3O4/c1-19-14-15-23(31-28(34)21-9-3-2-4-10-21)17-25(19)32-29(35)22-11-7-8-20(16-22)18-36-26-13-6-5-12-24(26)27(30)33/h2-17H,18H2,1H3,(H2,30,33)(H,31,34)(H,32,35). The van der Waals surface area contributed by atoms with Gasteiger partial charge in [-0.15, -0.1) is 0 Å². The number of benzene rings is 4. The number of nitrogens with two attached hydrogens (primary N) is 1. The van der Waals surface area contributed by atoms with Crippen LogP contribution in [0.3, 0.4) is 0 Å². The van der Waals surface area contributed by atoms with E-state index in [2.05, 4.69) is 10.6 Å². The van der Waals surface area contributed by atoms with Crippen LogP contribution >= 0.6 is 0 Å². The Morgan fingerprint density at radius 3 is 2.22 bits per heavy atom. The summed E-state index contributed by atoms with van der Waals surface area (Å²) in [5.41, 5.74) is 9.44. The van der Waals surface area contributed by atoms with Gasteiger partial charge >= 0.3 is 0 Å². The molecule has 7 nitrogen and oxygen atoms in total. The molecule has 0 saturated carbocycles. The molecule has 0 saturated heterocycles. The third kappa shape index (κ3) is 5.95. The lowest BCUT2D eigenvalue weighted by molar-refractivity contribution is 0.0992. The zero-order valence-corrected chi connectivity index (χ0v) is 19.7. The van der Waals surface area contributed by atoms with Gasteiger partial charge in [0.1, 0.15) is 12.4 Å². The zero-order valence-electron chi connectivity index (χ0n) is 19.7. The number of nitrogens with one attached hydrogen (secondary N) is 2. The van der Waals surface area contributed by atoms with Gasteiger partial charge in [-0.1, -0.05) is 48.5 Å². The van der Waals surface area contributed by atoms with Crippen LogP contribution < -0.4 is 21.1 Å². The van der Waals surface area contributed by atoms with Gasteiger partial charge in [0.25, 0.3) is 17.7 Å². The quantitative estimate of drug-likeness (QED) is 0.323. The van der Waals surface area contributed by atoms with Crippen molar-refractivity contribution >= 4 is 29.1 Å². The molecular formula is C29H25N3O4. The lowest BCUT2D eigenvalue weighted by Gasteiger charge is -2.13. The normalized spacial score (nSPS) is 10.4. The minimum Gasteiger partial charge on any atom is -0.488 e. The molecule has 0 bridgehead atoms. The van der Waals surface area contributed by atoms with Gasteiger partial charge in [0, 0.05) is 22.5 Å². The molecule has 0 radical (unpaired) electrons. The molecule has 4 N–H and O–H groups in total. The Balaban J connectivity index is 1.44. The highest BCUT2D eigenvalue weighted by atomic mass is 16.5. The third-order valence-corrected chi connectivity index (χ3v) is 5.52. The summed E-state index contributed by atoms with van der Waals surface area (Å²) in [5, 5.41) is 5.77. The first kappa shape index (κ1) is 24.2. The van der Waals surface area contributed by atoms with Crippen LogP contribution in [0, 0.1) is 6.92 Å². The maximum Gasteiger partial charge on any atom is 0.255 e. The Hall–Kier alpha value is -4.91. The smallest absolute Gasteiger partial charge is 0.255 e. The van der Waals surface area contributed by atoms with E-state index in [0.29, 0.717) is 33.8 Å². The fraction of sp³-hybridized carbons (Fsp3) is 0.0690. The second kappa shape index (κ2) is 11.0. The third-order valence-electron chi connectivity index (χ3n) is 5.52. The molecule has 180 valence electrons. The molecule has 0 aliphatic rings. The van der Waals surface area contributed by atoms with Gasteiger partial charge in [-0.25, -0.2) is 0 Å². The minimum atomic E-state index is -0.573. The van der Waals surface area contributed by atoms with Gasteiger partial charge in [-0.2, -0.15) is 0 Å². The van der Waals surface area contributed by atoms with Crippen molar-refractivity contribution in [3.05, 3.63) is 125 Å². The van der Waals surface area contributed by atoms with Crippen LogP contribution in [-0.4, -0.2) is 17.7 Å². The largest absolute Gasteiger partial charge is 0.488 e. The summed E-state index contributed by atoms with van der Waals surface area (Å²) in [4.78, 5) is 37.1. The summed E-state index contributed by atoms with van der Waals surface area (Å²) < 4.78 is 5.77. The van der Waals surface area contributed by atoms with E-state index < -0.39 is 5.91 Å². The first-order valence-electron chi connectivity index (χ1n) is 11.3. The minimum absolute atomic E-state index is 0.158. The van der Waals surface area contributed by atoms with Crippen molar-refractivity contribution in [2.24, 2.45) is 5.73 Å². The molecule has 4 rings (SSSR count). The topological polar surface area (TPSA) is 111 Å². The van der Waals surface area contributed by atoms with E-state index in [9.17, 15) is 14.4 Å². The molecule has 0 fully saturated rings. The van der Waals surface area contributed by atoms with Crippen LogP contribution in [0.5, 0.6) is 5.75 Å². The van der Waals surface area contributed by atoms with E-state index in [0.717, 1.165) is 11.1 Å². The number of anilines is 2. The molecule has 3 amide bonds. The van der Waals surface area contributed by atoms with Crippen molar-refractivity contribution in [1.82, 2.24) is 0 Å². The van der Waals surface area contributed by atoms with Gasteiger partial charge in [-0.05, 0) is 66.6 Å². The van der Waals surface area contributed by atoms with Gasteiger partial charge < -0.3 is 21.1 Å². The van der Waals surface area contributed by atoms with Crippen molar-refractivity contribution in [3.8, 4) is 5.75 Å². The molecule has 7 heteroatoms. The Labute approximate surface area is 208 Å². The van der Waals surface area contributed by atoms with Gasteiger partial charge in [0.05, 0.1) is 5.56 Å². The summed E-state index contributed by atoms with van der Waals surface area (Å²) >= 11 is 0. The summed E-state index contributed by atoms with van der Waals surface area (Å²) in [7, 11) is 0. The number of hydrogen-bond acceptors (Lipinski definition) is 4. The molecule has 0 atom stereocenters. The summed E-state index contributed by atoms with van der Waals surface area (Å²) in [6.45, 7) is 2.03. The molecule has 4 aromatic carbocycles. The maximum absolute atomic E-state index is 13.0. The average Bonchev–Trinajstić information content (AvgIpc) is 2.90. The molecule has 0 aliphatic heterocycles. The van der Waals surface area contributed by atoms with Gasteiger partial charge in [0.2, 0.25) is 0 Å². The highest BCUT2D eigenvalue weighted by molar-refractivity contribution is 6.06. The Morgan fingerprint density at radius 2 is 1.44 bits per heavy atom. The number of rotatable bonds is 8. The summed E-state index contributed by atoms with van der Waals surface area (Å²) in [6, 6.07) is 28.0. The molecule has 0 aromatic heterocycles. The first-order chi connectivity index (χ1) is 17.4. The number of carbonyl (C=O) groups is 3. The van der Waals surface area contributed by atoms with E-state index >= 15 is 0 Å². The Bertz CT molecular complexity index is 1420. The van der Waals surface area contributed by atoms with Crippen molar-refractivity contribution < 1.29 is 19.1 Å². The van der Waals surface area contributed by atoms with Crippen LogP contribution in [0.4, 0.5) is 11.4 Å². The first-order valence-corrected chi connectivity index (χ1v) is 11.3. The SMILES string of the molecule is Cc1ccc(NC(=O)c2ccccc2)cc1NC(=O)c1cccc(COc2ccccc2C(N)=O)c1. The second-order valence-corrected chi connectivity index (χ2v) is 8.15. The van der Waals surface area contributed by atoms with E-state index in [1.807, 2.05) is 25.1 Å². The van der Waals surface area contributed by atoms with E-state index in [4.69, 9.17) is 10.5 Å². The van der Waals surface area contributed by atoms with Crippen molar-refractivity contribution in [2.45, 2.75) is 13.5 Å².